The third-order valence-corrected chi connectivity index (χ3v) is 4.62. The van der Waals surface area contributed by atoms with Gasteiger partial charge in [0.25, 0.3) is 0 Å². The van der Waals surface area contributed by atoms with E-state index in [1.807, 2.05) is 18.2 Å². The maximum Gasteiger partial charge on any atom is 0.0991 e. The van der Waals surface area contributed by atoms with E-state index in [1.54, 1.807) is 0 Å². The molecule has 2 unspecified atom stereocenters. The SMILES string of the molecule is Cc1cc(C#N)ccc1CNCC1CN2CCCC2CO1. The minimum atomic E-state index is 0.304. The van der Waals surface area contributed by atoms with Crippen LogP contribution in [0.2, 0.25) is 0 Å². The second-order valence-electron chi connectivity index (χ2n) is 6.13. The summed E-state index contributed by atoms with van der Waals surface area (Å²) in [4.78, 5) is 2.57. The van der Waals surface area contributed by atoms with Gasteiger partial charge in [0.2, 0.25) is 0 Å². The number of fused-ring (bicyclic) bond motifs is 1. The number of nitrogens with one attached hydrogen (secondary N) is 1. The van der Waals surface area contributed by atoms with Crippen molar-refractivity contribution in [2.75, 3.05) is 26.2 Å². The van der Waals surface area contributed by atoms with Crippen LogP contribution in [0.5, 0.6) is 0 Å². The first kappa shape index (κ1) is 14.5. The van der Waals surface area contributed by atoms with Crippen molar-refractivity contribution < 1.29 is 4.74 Å². The van der Waals surface area contributed by atoms with Crippen LogP contribution >= 0.6 is 0 Å². The second kappa shape index (κ2) is 6.57. The quantitative estimate of drug-likeness (QED) is 0.917. The number of morpholine rings is 1. The third-order valence-electron chi connectivity index (χ3n) is 4.62. The fourth-order valence-corrected chi connectivity index (χ4v) is 3.34. The van der Waals surface area contributed by atoms with Crippen LogP contribution in [0.4, 0.5) is 0 Å². The molecular weight excluding hydrogens is 262 g/mol. The van der Waals surface area contributed by atoms with Crippen molar-refractivity contribution in [1.82, 2.24) is 10.2 Å². The zero-order valence-corrected chi connectivity index (χ0v) is 12.6. The van der Waals surface area contributed by atoms with Gasteiger partial charge in [-0.15, -0.1) is 0 Å². The van der Waals surface area contributed by atoms with E-state index in [9.17, 15) is 0 Å². The van der Waals surface area contributed by atoms with Crippen LogP contribution < -0.4 is 5.32 Å². The minimum Gasteiger partial charge on any atom is -0.374 e. The minimum absolute atomic E-state index is 0.304. The van der Waals surface area contributed by atoms with Crippen LogP contribution in [0.3, 0.4) is 0 Å². The normalized spacial score (nSPS) is 25.5. The molecule has 112 valence electrons. The molecule has 1 aromatic rings. The molecule has 21 heavy (non-hydrogen) atoms. The number of aryl methyl sites for hydroxylation is 1. The summed E-state index contributed by atoms with van der Waals surface area (Å²) in [6, 6.07) is 8.72. The summed E-state index contributed by atoms with van der Waals surface area (Å²) in [5.74, 6) is 0. The van der Waals surface area contributed by atoms with Crippen molar-refractivity contribution in [3.63, 3.8) is 0 Å². The van der Waals surface area contributed by atoms with Crippen molar-refractivity contribution >= 4 is 0 Å². The fraction of sp³-hybridized carbons (Fsp3) is 0.588. The first-order valence-electron chi connectivity index (χ1n) is 7.82. The Hall–Kier alpha value is -1.41. The highest BCUT2D eigenvalue weighted by Crippen LogP contribution is 2.22. The second-order valence-corrected chi connectivity index (χ2v) is 6.13. The van der Waals surface area contributed by atoms with Crippen LogP contribution in [-0.2, 0) is 11.3 Å². The van der Waals surface area contributed by atoms with Crippen LogP contribution in [0.25, 0.3) is 0 Å². The lowest BCUT2D eigenvalue weighted by molar-refractivity contribution is -0.0470. The molecule has 0 spiro atoms. The van der Waals surface area contributed by atoms with E-state index in [2.05, 4.69) is 23.2 Å². The molecule has 1 N–H and O–H groups in total. The standard InChI is InChI=1S/C17H23N3O/c1-13-7-14(8-18)4-5-15(13)9-19-10-17-11-20-6-2-3-16(20)12-21-17/h4-5,7,16-17,19H,2-3,6,9-12H2,1H3. The van der Waals surface area contributed by atoms with Crippen LogP contribution in [-0.4, -0.2) is 43.3 Å². The maximum absolute atomic E-state index is 8.89. The number of hydrogen-bond acceptors (Lipinski definition) is 4. The lowest BCUT2D eigenvalue weighted by Crippen LogP contribution is -2.49. The molecule has 4 heteroatoms. The predicted molar refractivity (Wildman–Crippen MR) is 81.9 cm³/mol. The maximum atomic E-state index is 8.89. The molecule has 3 rings (SSSR count). The van der Waals surface area contributed by atoms with Gasteiger partial charge in [0, 0.05) is 25.7 Å². The number of ether oxygens (including phenoxy) is 1. The molecule has 2 heterocycles. The van der Waals surface area contributed by atoms with E-state index in [-0.39, 0.29) is 0 Å². The number of hydrogen-bond donors (Lipinski definition) is 1. The molecule has 2 aliphatic heterocycles. The molecule has 2 fully saturated rings. The summed E-state index contributed by atoms with van der Waals surface area (Å²) in [5.41, 5.74) is 3.15. The number of rotatable bonds is 4. The Morgan fingerprint density at radius 3 is 3.19 bits per heavy atom. The van der Waals surface area contributed by atoms with Gasteiger partial charge in [-0.3, -0.25) is 4.90 Å². The van der Waals surface area contributed by atoms with E-state index in [1.165, 1.54) is 30.5 Å². The molecule has 4 nitrogen and oxygen atoms in total. The summed E-state index contributed by atoms with van der Waals surface area (Å²) < 4.78 is 5.95. The van der Waals surface area contributed by atoms with Gasteiger partial charge in [-0.2, -0.15) is 5.26 Å². The Morgan fingerprint density at radius 2 is 2.38 bits per heavy atom. The van der Waals surface area contributed by atoms with Gasteiger partial charge in [0.15, 0.2) is 0 Å². The van der Waals surface area contributed by atoms with Gasteiger partial charge < -0.3 is 10.1 Å². The van der Waals surface area contributed by atoms with Gasteiger partial charge in [0.1, 0.15) is 0 Å². The van der Waals surface area contributed by atoms with Crippen molar-refractivity contribution in [1.29, 1.82) is 5.26 Å². The first-order chi connectivity index (χ1) is 10.3. The predicted octanol–water partition coefficient (Wildman–Crippen LogP) is 1.82. The Kier molecular flexibility index (Phi) is 4.54. The summed E-state index contributed by atoms with van der Waals surface area (Å²) in [7, 11) is 0. The van der Waals surface area contributed by atoms with Crippen LogP contribution in [0.1, 0.15) is 29.5 Å². The van der Waals surface area contributed by atoms with E-state index in [4.69, 9.17) is 10.00 Å². The van der Waals surface area contributed by atoms with E-state index in [0.29, 0.717) is 12.1 Å². The Morgan fingerprint density at radius 1 is 1.48 bits per heavy atom. The summed E-state index contributed by atoms with van der Waals surface area (Å²) in [5, 5.41) is 12.4. The fourth-order valence-electron chi connectivity index (χ4n) is 3.34. The van der Waals surface area contributed by atoms with Crippen molar-refractivity contribution in [2.45, 2.75) is 38.5 Å². The average molecular weight is 285 g/mol. The molecule has 1 aromatic carbocycles. The highest BCUT2D eigenvalue weighted by atomic mass is 16.5. The lowest BCUT2D eigenvalue weighted by Gasteiger charge is -2.35. The highest BCUT2D eigenvalue weighted by Gasteiger charge is 2.31. The van der Waals surface area contributed by atoms with Crippen molar-refractivity contribution in [2.24, 2.45) is 0 Å². The molecule has 2 aliphatic rings. The highest BCUT2D eigenvalue weighted by molar-refractivity contribution is 5.37. The topological polar surface area (TPSA) is 48.3 Å². The van der Waals surface area contributed by atoms with E-state index in [0.717, 1.165) is 31.8 Å². The Bertz CT molecular complexity index is 537. The first-order valence-corrected chi connectivity index (χ1v) is 7.82. The summed E-state index contributed by atoms with van der Waals surface area (Å²) in [6.45, 7) is 6.97. The van der Waals surface area contributed by atoms with Gasteiger partial charge >= 0.3 is 0 Å². The van der Waals surface area contributed by atoms with Crippen molar-refractivity contribution in [3.8, 4) is 6.07 Å². The lowest BCUT2D eigenvalue weighted by atomic mass is 10.1. The molecule has 0 aromatic heterocycles. The Labute approximate surface area is 126 Å². The summed E-state index contributed by atoms with van der Waals surface area (Å²) >= 11 is 0. The van der Waals surface area contributed by atoms with E-state index >= 15 is 0 Å². The van der Waals surface area contributed by atoms with Gasteiger partial charge in [-0.25, -0.2) is 0 Å². The van der Waals surface area contributed by atoms with Gasteiger partial charge in [-0.05, 0) is 49.6 Å². The number of benzene rings is 1. The molecule has 0 radical (unpaired) electrons. The molecule has 0 saturated carbocycles. The zero-order valence-electron chi connectivity index (χ0n) is 12.6. The van der Waals surface area contributed by atoms with Gasteiger partial charge in [-0.1, -0.05) is 6.07 Å². The molecule has 0 bridgehead atoms. The summed E-state index contributed by atoms with van der Waals surface area (Å²) in [6.07, 6.45) is 2.92. The van der Waals surface area contributed by atoms with E-state index < -0.39 is 0 Å². The number of nitrogens with zero attached hydrogens (tertiary/aromatic N) is 2. The average Bonchev–Trinajstić information content (AvgIpc) is 2.96. The molecular formula is C17H23N3O. The molecule has 0 amide bonds. The van der Waals surface area contributed by atoms with Crippen molar-refractivity contribution in [3.05, 3.63) is 34.9 Å². The number of nitriles is 1. The third kappa shape index (κ3) is 3.44. The smallest absolute Gasteiger partial charge is 0.0991 e. The Balaban J connectivity index is 1.47. The zero-order chi connectivity index (χ0) is 14.7. The molecule has 0 aliphatic carbocycles. The van der Waals surface area contributed by atoms with Crippen LogP contribution in [0.15, 0.2) is 18.2 Å². The largest absolute Gasteiger partial charge is 0.374 e. The molecule has 2 saturated heterocycles. The van der Waals surface area contributed by atoms with Crippen LogP contribution in [0, 0.1) is 18.3 Å². The molecule has 2 atom stereocenters. The van der Waals surface area contributed by atoms with Gasteiger partial charge in [0.05, 0.1) is 24.3 Å². The monoisotopic (exact) mass is 285 g/mol.